The van der Waals surface area contributed by atoms with Gasteiger partial charge in [-0.25, -0.2) is 12.7 Å². The predicted octanol–water partition coefficient (Wildman–Crippen LogP) is 2.67. The molecule has 2 N–H and O–H groups in total. The summed E-state index contributed by atoms with van der Waals surface area (Å²) in [6.07, 6.45) is 1.12. The standard InChI is InChI=1S/C15H24N2O2S2/c1-12-9-13(2)11-17(10-12)21(18,19)8-7-20-15-5-3-14(16)4-6-15/h3-6,12-13H,7-11,16H2,1-2H3. The fourth-order valence-electron chi connectivity index (χ4n) is 2.79. The fraction of sp³-hybridized carbons (Fsp3) is 0.600. The molecule has 2 rings (SSSR count). The van der Waals surface area contributed by atoms with E-state index in [1.165, 1.54) is 0 Å². The highest BCUT2D eigenvalue weighted by Crippen LogP contribution is 2.25. The number of sulfonamides is 1. The lowest BCUT2D eigenvalue weighted by Crippen LogP contribution is -2.43. The molecule has 1 aromatic carbocycles. The highest BCUT2D eigenvalue weighted by atomic mass is 32.2. The largest absolute Gasteiger partial charge is 0.399 e. The molecule has 1 heterocycles. The third-order valence-electron chi connectivity index (χ3n) is 3.72. The number of piperidine rings is 1. The molecule has 0 bridgehead atoms. The molecule has 2 unspecified atom stereocenters. The van der Waals surface area contributed by atoms with Crippen molar-refractivity contribution in [1.29, 1.82) is 0 Å². The monoisotopic (exact) mass is 328 g/mol. The molecule has 1 aliphatic rings. The maximum absolute atomic E-state index is 12.4. The van der Waals surface area contributed by atoms with Gasteiger partial charge < -0.3 is 5.73 Å². The van der Waals surface area contributed by atoms with Gasteiger partial charge in [0.15, 0.2) is 0 Å². The van der Waals surface area contributed by atoms with Crippen LogP contribution in [0.2, 0.25) is 0 Å². The Bertz CT molecular complexity index is 548. The Hall–Kier alpha value is -0.720. The van der Waals surface area contributed by atoms with E-state index in [0.717, 1.165) is 17.0 Å². The van der Waals surface area contributed by atoms with Crippen molar-refractivity contribution < 1.29 is 8.42 Å². The number of anilines is 1. The molecule has 4 nitrogen and oxygen atoms in total. The van der Waals surface area contributed by atoms with E-state index in [1.54, 1.807) is 16.1 Å². The molecule has 1 aromatic rings. The van der Waals surface area contributed by atoms with Crippen LogP contribution in [0, 0.1) is 11.8 Å². The Balaban J connectivity index is 1.87. The first-order valence-electron chi connectivity index (χ1n) is 7.33. The molecule has 0 aliphatic carbocycles. The lowest BCUT2D eigenvalue weighted by molar-refractivity contribution is 0.223. The Morgan fingerprint density at radius 2 is 1.76 bits per heavy atom. The molecule has 0 spiro atoms. The van der Waals surface area contributed by atoms with Crippen molar-refractivity contribution in [2.24, 2.45) is 11.8 Å². The van der Waals surface area contributed by atoms with Gasteiger partial charge in [-0.1, -0.05) is 13.8 Å². The average Bonchev–Trinajstić information content (AvgIpc) is 2.40. The van der Waals surface area contributed by atoms with E-state index in [-0.39, 0.29) is 5.75 Å². The minimum Gasteiger partial charge on any atom is -0.399 e. The van der Waals surface area contributed by atoms with Crippen LogP contribution < -0.4 is 5.73 Å². The Morgan fingerprint density at radius 1 is 1.19 bits per heavy atom. The molecule has 0 radical (unpaired) electrons. The number of nitrogens with zero attached hydrogens (tertiary/aromatic N) is 1. The van der Waals surface area contributed by atoms with Crippen molar-refractivity contribution >= 4 is 27.5 Å². The number of thioether (sulfide) groups is 1. The zero-order valence-corrected chi connectivity index (χ0v) is 14.3. The number of hydrogen-bond donors (Lipinski definition) is 1. The van der Waals surface area contributed by atoms with Gasteiger partial charge in [-0.3, -0.25) is 0 Å². The summed E-state index contributed by atoms with van der Waals surface area (Å²) in [4.78, 5) is 1.06. The van der Waals surface area contributed by atoms with E-state index in [0.29, 0.717) is 30.7 Å². The molecule has 1 saturated heterocycles. The van der Waals surface area contributed by atoms with Crippen molar-refractivity contribution in [2.45, 2.75) is 25.2 Å². The quantitative estimate of drug-likeness (QED) is 0.667. The van der Waals surface area contributed by atoms with Crippen LogP contribution in [-0.2, 0) is 10.0 Å². The Kier molecular flexibility index (Phi) is 5.57. The summed E-state index contributed by atoms with van der Waals surface area (Å²) >= 11 is 1.56. The molecular formula is C15H24N2O2S2. The lowest BCUT2D eigenvalue weighted by atomic mass is 9.94. The predicted molar refractivity (Wildman–Crippen MR) is 89.9 cm³/mol. The van der Waals surface area contributed by atoms with Gasteiger partial charge >= 0.3 is 0 Å². The fourth-order valence-corrected chi connectivity index (χ4v) is 5.75. The number of rotatable bonds is 5. The maximum atomic E-state index is 12.4. The van der Waals surface area contributed by atoms with Gasteiger partial charge in [0.1, 0.15) is 0 Å². The van der Waals surface area contributed by atoms with Gasteiger partial charge in [-0.05, 0) is 42.5 Å². The zero-order chi connectivity index (χ0) is 15.5. The third-order valence-corrected chi connectivity index (χ3v) is 6.80. The van der Waals surface area contributed by atoms with E-state index in [1.807, 2.05) is 24.3 Å². The van der Waals surface area contributed by atoms with E-state index < -0.39 is 10.0 Å². The van der Waals surface area contributed by atoms with Crippen molar-refractivity contribution in [3.8, 4) is 0 Å². The minimum absolute atomic E-state index is 0.196. The second kappa shape index (κ2) is 7.03. The van der Waals surface area contributed by atoms with Crippen molar-refractivity contribution in [3.63, 3.8) is 0 Å². The van der Waals surface area contributed by atoms with Gasteiger partial charge in [0.05, 0.1) is 5.75 Å². The number of hydrogen-bond acceptors (Lipinski definition) is 4. The van der Waals surface area contributed by atoms with E-state index in [4.69, 9.17) is 5.73 Å². The summed E-state index contributed by atoms with van der Waals surface area (Å²) in [5.41, 5.74) is 6.36. The summed E-state index contributed by atoms with van der Waals surface area (Å²) in [7, 11) is -3.14. The lowest BCUT2D eigenvalue weighted by Gasteiger charge is -2.34. The second-order valence-corrected chi connectivity index (χ2v) is 9.25. The summed E-state index contributed by atoms with van der Waals surface area (Å²) in [6, 6.07) is 7.53. The molecule has 118 valence electrons. The van der Waals surface area contributed by atoms with Crippen LogP contribution in [0.3, 0.4) is 0 Å². The van der Waals surface area contributed by atoms with Crippen LogP contribution in [0.1, 0.15) is 20.3 Å². The van der Waals surface area contributed by atoms with Crippen LogP contribution >= 0.6 is 11.8 Å². The molecule has 0 saturated carbocycles. The Morgan fingerprint density at radius 3 is 2.33 bits per heavy atom. The second-order valence-electron chi connectivity index (χ2n) is 6.00. The van der Waals surface area contributed by atoms with Gasteiger partial charge in [0.2, 0.25) is 10.0 Å². The topological polar surface area (TPSA) is 63.4 Å². The summed E-state index contributed by atoms with van der Waals surface area (Å²) in [6.45, 7) is 5.58. The summed E-state index contributed by atoms with van der Waals surface area (Å²) < 4.78 is 26.5. The van der Waals surface area contributed by atoms with E-state index >= 15 is 0 Å². The van der Waals surface area contributed by atoms with Crippen LogP contribution in [0.15, 0.2) is 29.2 Å². The van der Waals surface area contributed by atoms with Crippen molar-refractivity contribution in [1.82, 2.24) is 4.31 Å². The number of nitrogen functional groups attached to an aromatic ring is 1. The zero-order valence-electron chi connectivity index (χ0n) is 12.7. The molecule has 2 atom stereocenters. The Labute approximate surface area is 132 Å². The van der Waals surface area contributed by atoms with Crippen LogP contribution in [0.5, 0.6) is 0 Å². The first kappa shape index (κ1) is 16.6. The minimum atomic E-state index is -3.14. The van der Waals surface area contributed by atoms with Crippen molar-refractivity contribution in [2.75, 3.05) is 30.3 Å². The first-order chi connectivity index (χ1) is 9.87. The molecule has 1 aliphatic heterocycles. The normalized spacial score (nSPS) is 24.1. The third kappa shape index (κ3) is 4.90. The van der Waals surface area contributed by atoms with Crippen LogP contribution in [0.25, 0.3) is 0 Å². The first-order valence-corrected chi connectivity index (χ1v) is 9.92. The molecule has 6 heteroatoms. The van der Waals surface area contributed by atoms with E-state index in [9.17, 15) is 8.42 Å². The molecule has 21 heavy (non-hydrogen) atoms. The molecule has 1 fully saturated rings. The summed E-state index contributed by atoms with van der Waals surface area (Å²) in [5, 5.41) is 0. The summed E-state index contributed by atoms with van der Waals surface area (Å²) in [5.74, 6) is 1.68. The molecule has 0 aromatic heterocycles. The van der Waals surface area contributed by atoms with Gasteiger partial charge in [-0.15, -0.1) is 11.8 Å². The van der Waals surface area contributed by atoms with Gasteiger partial charge in [-0.2, -0.15) is 0 Å². The van der Waals surface area contributed by atoms with Crippen LogP contribution in [-0.4, -0.2) is 37.3 Å². The smallest absolute Gasteiger partial charge is 0.214 e. The molecule has 0 amide bonds. The van der Waals surface area contributed by atoms with Gasteiger partial charge in [0, 0.05) is 29.4 Å². The van der Waals surface area contributed by atoms with Crippen molar-refractivity contribution in [3.05, 3.63) is 24.3 Å². The van der Waals surface area contributed by atoms with E-state index in [2.05, 4.69) is 13.8 Å². The van der Waals surface area contributed by atoms with Gasteiger partial charge in [0.25, 0.3) is 0 Å². The van der Waals surface area contributed by atoms with Crippen LogP contribution in [0.4, 0.5) is 5.69 Å². The number of nitrogens with two attached hydrogens (primary N) is 1. The molecular weight excluding hydrogens is 304 g/mol. The average molecular weight is 329 g/mol. The SMILES string of the molecule is CC1CC(C)CN(S(=O)(=O)CCSc2ccc(N)cc2)C1. The highest BCUT2D eigenvalue weighted by Gasteiger charge is 2.29. The maximum Gasteiger partial charge on any atom is 0.214 e. The highest BCUT2D eigenvalue weighted by molar-refractivity contribution is 8.00. The number of benzene rings is 1.